The largest absolute Gasteiger partial charge is 0.325 e. The predicted octanol–water partition coefficient (Wildman–Crippen LogP) is 2.79. The van der Waals surface area contributed by atoms with Crippen LogP contribution >= 0.6 is 0 Å². The number of hydrogen-bond donors (Lipinski definition) is 2. The zero-order chi connectivity index (χ0) is 19.6. The summed E-state index contributed by atoms with van der Waals surface area (Å²) in [5.74, 6) is -1.48. The van der Waals surface area contributed by atoms with E-state index in [0.717, 1.165) is 16.9 Å². The van der Waals surface area contributed by atoms with E-state index in [9.17, 15) is 18.8 Å². The van der Waals surface area contributed by atoms with Gasteiger partial charge in [-0.25, -0.2) is 9.18 Å². The van der Waals surface area contributed by atoms with E-state index in [4.69, 9.17) is 0 Å². The molecule has 0 aliphatic carbocycles. The molecule has 3 rings (SSSR count). The minimum Gasteiger partial charge on any atom is -0.325 e. The second kappa shape index (κ2) is 7.19. The fourth-order valence-corrected chi connectivity index (χ4v) is 3.03. The number of halogens is 1. The molecule has 7 heteroatoms. The Morgan fingerprint density at radius 2 is 1.89 bits per heavy atom. The second-order valence-corrected chi connectivity index (χ2v) is 6.56. The van der Waals surface area contributed by atoms with Gasteiger partial charge in [-0.05, 0) is 48.7 Å². The molecule has 2 aromatic carbocycles. The van der Waals surface area contributed by atoms with Crippen molar-refractivity contribution in [2.45, 2.75) is 25.8 Å². The molecule has 27 heavy (non-hydrogen) atoms. The normalized spacial score (nSPS) is 19.1. The van der Waals surface area contributed by atoms with Crippen LogP contribution in [0.4, 0.5) is 14.9 Å². The van der Waals surface area contributed by atoms with Crippen LogP contribution in [0.2, 0.25) is 0 Å². The highest BCUT2D eigenvalue weighted by atomic mass is 19.1. The summed E-state index contributed by atoms with van der Waals surface area (Å²) in [4.78, 5) is 38.2. The van der Waals surface area contributed by atoms with Crippen molar-refractivity contribution < 1.29 is 18.8 Å². The van der Waals surface area contributed by atoms with Gasteiger partial charge >= 0.3 is 6.03 Å². The summed E-state index contributed by atoms with van der Waals surface area (Å²) in [5.41, 5.74) is 0.771. The van der Waals surface area contributed by atoms with Crippen molar-refractivity contribution in [2.24, 2.45) is 0 Å². The Kier molecular flexibility index (Phi) is 4.94. The van der Waals surface area contributed by atoms with Crippen LogP contribution in [0.15, 0.2) is 48.5 Å². The van der Waals surface area contributed by atoms with Crippen molar-refractivity contribution in [2.75, 3.05) is 11.9 Å². The quantitative estimate of drug-likeness (QED) is 0.796. The van der Waals surface area contributed by atoms with Crippen LogP contribution in [-0.2, 0) is 21.5 Å². The molecule has 0 bridgehead atoms. The van der Waals surface area contributed by atoms with E-state index < -0.39 is 35.7 Å². The molecule has 1 aliphatic rings. The SMILES string of the molecule is CCc1cccc(NC(=O)CN2C(=O)NC(C)(c3ccc(F)cc3)C2=O)c1. The third-order valence-electron chi connectivity index (χ3n) is 4.62. The summed E-state index contributed by atoms with van der Waals surface area (Å²) in [5, 5.41) is 5.29. The van der Waals surface area contributed by atoms with Gasteiger partial charge in [0.25, 0.3) is 5.91 Å². The lowest BCUT2D eigenvalue weighted by atomic mass is 9.92. The third kappa shape index (κ3) is 3.67. The number of rotatable bonds is 5. The van der Waals surface area contributed by atoms with Crippen LogP contribution in [0.5, 0.6) is 0 Å². The first-order chi connectivity index (χ1) is 12.8. The van der Waals surface area contributed by atoms with Crippen molar-refractivity contribution in [3.63, 3.8) is 0 Å². The number of carbonyl (C=O) groups excluding carboxylic acids is 3. The maximum atomic E-state index is 13.1. The van der Waals surface area contributed by atoms with E-state index in [1.165, 1.54) is 31.2 Å². The number of anilines is 1. The van der Waals surface area contributed by atoms with Gasteiger partial charge in [0.2, 0.25) is 5.91 Å². The molecule has 1 fully saturated rings. The van der Waals surface area contributed by atoms with Crippen LogP contribution < -0.4 is 10.6 Å². The Morgan fingerprint density at radius 3 is 2.56 bits per heavy atom. The zero-order valence-electron chi connectivity index (χ0n) is 15.1. The molecule has 1 aliphatic heterocycles. The molecule has 4 amide bonds. The third-order valence-corrected chi connectivity index (χ3v) is 4.62. The van der Waals surface area contributed by atoms with Crippen molar-refractivity contribution in [1.82, 2.24) is 10.2 Å². The van der Waals surface area contributed by atoms with Crippen LogP contribution in [0.3, 0.4) is 0 Å². The Balaban J connectivity index is 1.73. The number of amides is 4. The average Bonchev–Trinajstić information content (AvgIpc) is 2.86. The summed E-state index contributed by atoms with van der Waals surface area (Å²) in [6, 6.07) is 12.0. The highest BCUT2D eigenvalue weighted by molar-refractivity contribution is 6.10. The Hall–Kier alpha value is -3.22. The molecule has 1 atom stereocenters. The molecule has 1 heterocycles. The van der Waals surface area contributed by atoms with E-state index in [1.54, 1.807) is 6.07 Å². The number of carbonyl (C=O) groups is 3. The van der Waals surface area contributed by atoms with Gasteiger partial charge in [-0.15, -0.1) is 0 Å². The highest BCUT2D eigenvalue weighted by Crippen LogP contribution is 2.28. The number of nitrogens with zero attached hydrogens (tertiary/aromatic N) is 1. The van der Waals surface area contributed by atoms with Crippen LogP contribution in [-0.4, -0.2) is 29.3 Å². The van der Waals surface area contributed by atoms with Crippen molar-refractivity contribution in [3.8, 4) is 0 Å². The van der Waals surface area contributed by atoms with Crippen molar-refractivity contribution >= 4 is 23.5 Å². The van der Waals surface area contributed by atoms with Gasteiger partial charge in [0, 0.05) is 5.69 Å². The molecular formula is C20H20FN3O3. The molecule has 0 spiro atoms. The van der Waals surface area contributed by atoms with E-state index >= 15 is 0 Å². The molecule has 2 N–H and O–H groups in total. The highest BCUT2D eigenvalue weighted by Gasteiger charge is 2.49. The van der Waals surface area contributed by atoms with Gasteiger partial charge in [0.05, 0.1) is 0 Å². The van der Waals surface area contributed by atoms with Gasteiger partial charge < -0.3 is 10.6 Å². The topological polar surface area (TPSA) is 78.5 Å². The minimum absolute atomic E-state index is 0.405. The van der Waals surface area contributed by atoms with E-state index in [0.29, 0.717) is 11.3 Å². The summed E-state index contributed by atoms with van der Waals surface area (Å²) < 4.78 is 13.1. The van der Waals surface area contributed by atoms with Crippen LogP contribution in [0, 0.1) is 5.82 Å². The number of aryl methyl sites for hydroxylation is 1. The van der Waals surface area contributed by atoms with Gasteiger partial charge in [0.15, 0.2) is 0 Å². The zero-order valence-corrected chi connectivity index (χ0v) is 15.1. The molecule has 1 saturated heterocycles. The molecule has 0 radical (unpaired) electrons. The Bertz CT molecular complexity index is 898. The molecule has 0 saturated carbocycles. The summed E-state index contributed by atoms with van der Waals surface area (Å²) in [7, 11) is 0. The van der Waals surface area contributed by atoms with E-state index in [1.807, 2.05) is 25.1 Å². The number of nitrogens with one attached hydrogen (secondary N) is 2. The van der Waals surface area contributed by atoms with Crippen LogP contribution in [0.25, 0.3) is 0 Å². The first kappa shape index (κ1) is 18.6. The number of urea groups is 1. The first-order valence-corrected chi connectivity index (χ1v) is 8.62. The summed E-state index contributed by atoms with van der Waals surface area (Å²) >= 11 is 0. The summed E-state index contributed by atoms with van der Waals surface area (Å²) in [6.07, 6.45) is 0.826. The maximum Gasteiger partial charge on any atom is 0.325 e. The second-order valence-electron chi connectivity index (χ2n) is 6.56. The van der Waals surface area contributed by atoms with Crippen molar-refractivity contribution in [1.29, 1.82) is 0 Å². The maximum absolute atomic E-state index is 13.1. The molecule has 1 unspecified atom stereocenters. The van der Waals surface area contributed by atoms with E-state index in [-0.39, 0.29) is 0 Å². The van der Waals surface area contributed by atoms with Gasteiger partial charge in [-0.1, -0.05) is 31.2 Å². The molecule has 6 nitrogen and oxygen atoms in total. The van der Waals surface area contributed by atoms with Gasteiger partial charge in [-0.3, -0.25) is 14.5 Å². The predicted molar refractivity (Wildman–Crippen MR) is 98.4 cm³/mol. The van der Waals surface area contributed by atoms with Crippen LogP contribution in [0.1, 0.15) is 25.0 Å². The monoisotopic (exact) mass is 369 g/mol. The van der Waals surface area contributed by atoms with Gasteiger partial charge in [-0.2, -0.15) is 0 Å². The lowest BCUT2D eigenvalue weighted by molar-refractivity contribution is -0.133. The number of hydrogen-bond acceptors (Lipinski definition) is 3. The molecule has 0 aromatic heterocycles. The van der Waals surface area contributed by atoms with E-state index in [2.05, 4.69) is 10.6 Å². The first-order valence-electron chi connectivity index (χ1n) is 8.62. The standard InChI is InChI=1S/C20H20FN3O3/c1-3-13-5-4-6-16(11-13)22-17(25)12-24-18(26)20(2,23-19(24)27)14-7-9-15(21)10-8-14/h4-11H,3,12H2,1-2H3,(H,22,25)(H,23,27). The molecule has 140 valence electrons. The number of benzene rings is 2. The number of imide groups is 1. The Labute approximate surface area is 156 Å². The fourth-order valence-electron chi connectivity index (χ4n) is 3.03. The fraction of sp³-hybridized carbons (Fsp3) is 0.250. The van der Waals surface area contributed by atoms with Gasteiger partial charge in [0.1, 0.15) is 17.9 Å². The Morgan fingerprint density at radius 1 is 1.19 bits per heavy atom. The average molecular weight is 369 g/mol. The van der Waals surface area contributed by atoms with Crippen molar-refractivity contribution in [3.05, 3.63) is 65.5 Å². The lowest BCUT2D eigenvalue weighted by Gasteiger charge is -2.22. The minimum atomic E-state index is -1.34. The smallest absolute Gasteiger partial charge is 0.325 e. The molecule has 2 aromatic rings. The molecular weight excluding hydrogens is 349 g/mol. The lowest BCUT2D eigenvalue weighted by Crippen LogP contribution is -2.42. The summed E-state index contributed by atoms with van der Waals surface area (Å²) in [6.45, 7) is 3.13.